The summed E-state index contributed by atoms with van der Waals surface area (Å²) in [6, 6.07) is 7.27. The van der Waals surface area contributed by atoms with Crippen LogP contribution in [0.2, 0.25) is 0 Å². The van der Waals surface area contributed by atoms with Crippen molar-refractivity contribution in [2.24, 2.45) is 0 Å². The van der Waals surface area contributed by atoms with Gasteiger partial charge in [0.25, 0.3) is 0 Å². The Hall–Kier alpha value is -1.66. The van der Waals surface area contributed by atoms with Crippen LogP contribution in [0.1, 0.15) is 26.6 Å². The van der Waals surface area contributed by atoms with Crippen molar-refractivity contribution in [3.8, 4) is 0 Å². The van der Waals surface area contributed by atoms with E-state index in [-0.39, 0.29) is 17.8 Å². The van der Waals surface area contributed by atoms with Gasteiger partial charge in [-0.15, -0.1) is 22.6 Å². The van der Waals surface area contributed by atoms with E-state index in [9.17, 15) is 8.78 Å². The van der Waals surface area contributed by atoms with Gasteiger partial charge in [0.1, 0.15) is 17.5 Å². The summed E-state index contributed by atoms with van der Waals surface area (Å²) < 4.78 is 28.6. The van der Waals surface area contributed by atoms with Crippen molar-refractivity contribution in [1.29, 1.82) is 0 Å². The molecule has 23 heavy (non-hydrogen) atoms. The van der Waals surface area contributed by atoms with Gasteiger partial charge in [0.2, 0.25) is 0 Å². The number of pyridine rings is 1. The molecule has 0 radical (unpaired) electrons. The predicted molar refractivity (Wildman–Crippen MR) is 89.4 cm³/mol. The number of benzene rings is 1. The Balaban J connectivity index is 0.00000192. The number of hydrogen-bond donors (Lipinski definition) is 0. The summed E-state index contributed by atoms with van der Waals surface area (Å²) in [5.41, 5.74) is 0.595. The molecular weight excluding hydrogens is 340 g/mol. The molecule has 0 unspecified atom stereocenters. The Morgan fingerprint density at radius 2 is 1.78 bits per heavy atom. The van der Waals surface area contributed by atoms with Gasteiger partial charge in [-0.2, -0.15) is 0 Å². The fourth-order valence-electron chi connectivity index (χ4n) is 2.13. The van der Waals surface area contributed by atoms with E-state index >= 15 is 0 Å². The maximum absolute atomic E-state index is 13.8. The highest BCUT2D eigenvalue weighted by molar-refractivity contribution is 7.99. The number of halogens is 3. The summed E-state index contributed by atoms with van der Waals surface area (Å²) in [7, 11) is 0. The van der Waals surface area contributed by atoms with Gasteiger partial charge in [-0.05, 0) is 24.3 Å². The van der Waals surface area contributed by atoms with Crippen molar-refractivity contribution in [1.82, 2.24) is 14.6 Å². The number of rotatable bonds is 2. The van der Waals surface area contributed by atoms with Gasteiger partial charge in [-0.3, -0.25) is 4.40 Å². The second kappa shape index (κ2) is 6.45. The lowest BCUT2D eigenvalue weighted by Gasteiger charge is -2.16. The van der Waals surface area contributed by atoms with E-state index in [0.717, 1.165) is 22.4 Å². The molecule has 0 aliphatic carbocycles. The van der Waals surface area contributed by atoms with Gasteiger partial charge in [-0.25, -0.2) is 8.78 Å². The van der Waals surface area contributed by atoms with E-state index < -0.39 is 11.6 Å². The quantitative estimate of drug-likeness (QED) is 0.656. The molecule has 0 spiro atoms. The molecule has 0 saturated carbocycles. The number of fused-ring (bicyclic) bond motifs is 1. The molecule has 0 atom stereocenters. The summed E-state index contributed by atoms with van der Waals surface area (Å²) >= 11 is 1.24. The molecule has 7 heteroatoms. The average molecular weight is 356 g/mol. The average Bonchev–Trinajstić information content (AvgIpc) is 2.85. The molecule has 0 amide bonds. The van der Waals surface area contributed by atoms with Crippen LogP contribution in [0.15, 0.2) is 46.3 Å². The Morgan fingerprint density at radius 3 is 2.43 bits per heavy atom. The van der Waals surface area contributed by atoms with Crippen LogP contribution in [0.4, 0.5) is 8.78 Å². The molecule has 2 aromatic heterocycles. The normalized spacial score (nSPS) is 11.5. The summed E-state index contributed by atoms with van der Waals surface area (Å²) in [5, 5.41) is 8.37. The van der Waals surface area contributed by atoms with E-state index in [2.05, 4.69) is 31.0 Å². The zero-order chi connectivity index (χ0) is 15.9. The van der Waals surface area contributed by atoms with Gasteiger partial charge in [0.15, 0.2) is 5.65 Å². The molecule has 122 valence electrons. The first-order valence-corrected chi connectivity index (χ1v) is 7.64. The minimum Gasteiger partial charge on any atom is -0.285 e. The topological polar surface area (TPSA) is 30.2 Å². The van der Waals surface area contributed by atoms with Crippen LogP contribution < -0.4 is 0 Å². The molecule has 0 N–H and O–H groups in total. The Morgan fingerprint density at radius 1 is 1.04 bits per heavy atom. The van der Waals surface area contributed by atoms with Crippen LogP contribution in [0, 0.1) is 11.6 Å². The maximum Gasteiger partial charge on any atom is 0.160 e. The maximum atomic E-state index is 13.8. The molecular formula is C16H16ClF2N3S. The third-order valence-corrected chi connectivity index (χ3v) is 4.20. The monoisotopic (exact) mass is 355 g/mol. The van der Waals surface area contributed by atoms with Crippen LogP contribution >= 0.6 is 24.2 Å². The Kier molecular flexibility index (Phi) is 4.96. The zero-order valence-corrected chi connectivity index (χ0v) is 14.5. The second-order valence-electron chi connectivity index (χ2n) is 6.04. The molecule has 0 fully saturated rings. The number of hydrogen-bond acceptors (Lipinski definition) is 3. The third-order valence-electron chi connectivity index (χ3n) is 3.17. The highest BCUT2D eigenvalue weighted by Crippen LogP contribution is 2.31. The van der Waals surface area contributed by atoms with E-state index in [1.54, 1.807) is 0 Å². The largest absolute Gasteiger partial charge is 0.285 e. The van der Waals surface area contributed by atoms with Crippen molar-refractivity contribution in [3.63, 3.8) is 0 Å². The standard InChI is InChI=1S/C16H15F2N3S.ClH/c1-16(2,3)15-20-19-14-7-5-11(9-21(14)15)22-13-6-4-10(17)8-12(13)18;/h4-9H,1-3H3;1H. The Labute approximate surface area is 143 Å². The lowest BCUT2D eigenvalue weighted by atomic mass is 9.96. The highest BCUT2D eigenvalue weighted by Gasteiger charge is 2.21. The summed E-state index contributed by atoms with van der Waals surface area (Å²) in [6.45, 7) is 6.18. The predicted octanol–water partition coefficient (Wildman–Crippen LogP) is 4.88. The first-order chi connectivity index (χ1) is 10.3. The van der Waals surface area contributed by atoms with E-state index in [4.69, 9.17) is 0 Å². The fraction of sp³-hybridized carbons (Fsp3) is 0.250. The van der Waals surface area contributed by atoms with Gasteiger partial charge in [0, 0.05) is 27.5 Å². The molecule has 2 heterocycles. The van der Waals surface area contributed by atoms with Gasteiger partial charge in [-0.1, -0.05) is 32.5 Å². The molecule has 1 aromatic carbocycles. The van der Waals surface area contributed by atoms with Crippen molar-refractivity contribution in [2.75, 3.05) is 0 Å². The van der Waals surface area contributed by atoms with Crippen molar-refractivity contribution < 1.29 is 8.78 Å². The van der Waals surface area contributed by atoms with E-state index in [1.807, 2.05) is 22.7 Å². The van der Waals surface area contributed by atoms with Gasteiger partial charge >= 0.3 is 0 Å². The highest BCUT2D eigenvalue weighted by atomic mass is 35.5. The zero-order valence-electron chi connectivity index (χ0n) is 12.9. The molecule has 0 aliphatic heterocycles. The number of aromatic nitrogens is 3. The van der Waals surface area contributed by atoms with Gasteiger partial charge in [0.05, 0.1) is 0 Å². The lowest BCUT2D eigenvalue weighted by molar-refractivity contribution is 0.538. The van der Waals surface area contributed by atoms with Crippen molar-refractivity contribution in [3.05, 3.63) is 54.0 Å². The Bertz CT molecular complexity index is 843. The van der Waals surface area contributed by atoms with Crippen molar-refractivity contribution >= 4 is 29.8 Å². The van der Waals surface area contributed by atoms with Crippen LogP contribution in [0.25, 0.3) is 5.65 Å². The van der Waals surface area contributed by atoms with E-state index in [1.165, 1.54) is 23.9 Å². The lowest BCUT2D eigenvalue weighted by Crippen LogP contribution is -2.15. The molecule has 3 rings (SSSR count). The smallest absolute Gasteiger partial charge is 0.160 e. The molecule has 0 saturated heterocycles. The van der Waals surface area contributed by atoms with Crippen LogP contribution in [-0.2, 0) is 5.41 Å². The molecule has 3 nitrogen and oxygen atoms in total. The summed E-state index contributed by atoms with van der Waals surface area (Å²) in [4.78, 5) is 1.22. The molecule has 3 aromatic rings. The van der Waals surface area contributed by atoms with Crippen LogP contribution in [0.5, 0.6) is 0 Å². The fourth-order valence-corrected chi connectivity index (χ4v) is 2.97. The first-order valence-electron chi connectivity index (χ1n) is 6.83. The van der Waals surface area contributed by atoms with Crippen LogP contribution in [0.3, 0.4) is 0 Å². The molecule has 0 aliphatic rings. The first kappa shape index (κ1) is 17.7. The third kappa shape index (κ3) is 3.64. The SMILES string of the molecule is CC(C)(C)c1nnc2ccc(Sc3ccc(F)cc3F)cn12.Cl. The summed E-state index contributed by atoms with van der Waals surface area (Å²) in [6.07, 6.45) is 1.88. The minimum absolute atomic E-state index is 0. The molecule has 0 bridgehead atoms. The second-order valence-corrected chi connectivity index (χ2v) is 7.16. The summed E-state index contributed by atoms with van der Waals surface area (Å²) in [5.74, 6) is -0.305. The van der Waals surface area contributed by atoms with E-state index in [0.29, 0.717) is 4.90 Å². The van der Waals surface area contributed by atoms with Gasteiger partial charge < -0.3 is 0 Å². The number of nitrogens with zero attached hydrogens (tertiary/aromatic N) is 3. The van der Waals surface area contributed by atoms with Crippen molar-refractivity contribution in [2.45, 2.75) is 36.0 Å². The minimum atomic E-state index is -0.578. The van der Waals surface area contributed by atoms with Crippen LogP contribution in [-0.4, -0.2) is 14.6 Å².